The molecule has 1 rings (SSSR count). The Labute approximate surface area is 82.0 Å². The first-order chi connectivity index (χ1) is 6.58. The van der Waals surface area contributed by atoms with Gasteiger partial charge in [0.05, 0.1) is 0 Å². The Morgan fingerprint density at radius 3 is 2.79 bits per heavy atom. The number of nitrogens with two attached hydrogens (primary N) is 1. The standard InChI is InChI=1S/C9H16F2N2O/c10-9(11)4-2-1-3-7(9)8(14)13-6-5-12/h7H,1-6,12H2,(H,13,14). The first-order valence-corrected chi connectivity index (χ1v) is 4.93. The highest BCUT2D eigenvalue weighted by Gasteiger charge is 2.45. The maximum atomic E-state index is 13.3. The van der Waals surface area contributed by atoms with E-state index in [2.05, 4.69) is 5.32 Å². The highest BCUT2D eigenvalue weighted by atomic mass is 19.3. The zero-order chi connectivity index (χ0) is 10.6. The SMILES string of the molecule is NCCNC(=O)C1CCCCC1(F)F. The van der Waals surface area contributed by atoms with Crippen molar-refractivity contribution in [3.05, 3.63) is 0 Å². The minimum atomic E-state index is -2.84. The molecular weight excluding hydrogens is 190 g/mol. The summed E-state index contributed by atoms with van der Waals surface area (Å²) in [6.45, 7) is 0.551. The zero-order valence-corrected chi connectivity index (χ0v) is 8.06. The molecule has 1 fully saturated rings. The van der Waals surface area contributed by atoms with Crippen molar-refractivity contribution in [2.24, 2.45) is 11.7 Å². The van der Waals surface area contributed by atoms with E-state index in [0.29, 0.717) is 12.8 Å². The molecule has 1 atom stereocenters. The van der Waals surface area contributed by atoms with Gasteiger partial charge in [0.25, 0.3) is 5.92 Å². The predicted molar refractivity (Wildman–Crippen MR) is 49.0 cm³/mol. The van der Waals surface area contributed by atoms with Crippen LogP contribution in [-0.4, -0.2) is 24.9 Å². The number of nitrogens with one attached hydrogen (secondary N) is 1. The van der Waals surface area contributed by atoms with Crippen molar-refractivity contribution in [2.45, 2.75) is 31.6 Å². The monoisotopic (exact) mass is 206 g/mol. The molecule has 0 aromatic carbocycles. The van der Waals surface area contributed by atoms with Gasteiger partial charge >= 0.3 is 0 Å². The summed E-state index contributed by atoms with van der Waals surface area (Å²) in [7, 11) is 0. The molecule has 0 aromatic rings. The Bertz CT molecular complexity index is 209. The van der Waals surface area contributed by atoms with Crippen LogP contribution < -0.4 is 11.1 Å². The van der Waals surface area contributed by atoms with Crippen molar-refractivity contribution in [2.75, 3.05) is 13.1 Å². The van der Waals surface area contributed by atoms with E-state index >= 15 is 0 Å². The van der Waals surface area contributed by atoms with Gasteiger partial charge in [0.1, 0.15) is 5.92 Å². The topological polar surface area (TPSA) is 55.1 Å². The summed E-state index contributed by atoms with van der Waals surface area (Å²) < 4.78 is 26.5. The van der Waals surface area contributed by atoms with Gasteiger partial charge in [-0.1, -0.05) is 6.42 Å². The second kappa shape index (κ2) is 4.68. The van der Waals surface area contributed by atoms with Gasteiger partial charge in [-0.05, 0) is 12.8 Å². The van der Waals surface area contributed by atoms with Crippen LogP contribution in [0.1, 0.15) is 25.7 Å². The third kappa shape index (κ3) is 2.64. The number of amides is 1. The summed E-state index contributed by atoms with van der Waals surface area (Å²) in [5, 5.41) is 2.41. The molecule has 1 aliphatic carbocycles. The van der Waals surface area contributed by atoms with Gasteiger partial charge in [-0.2, -0.15) is 0 Å². The van der Waals surface area contributed by atoms with Gasteiger partial charge in [0.2, 0.25) is 5.91 Å². The number of carbonyl (C=O) groups is 1. The molecule has 82 valence electrons. The van der Waals surface area contributed by atoms with Crippen LogP contribution in [0.2, 0.25) is 0 Å². The molecule has 0 aromatic heterocycles. The van der Waals surface area contributed by atoms with Crippen molar-refractivity contribution in [3.8, 4) is 0 Å². The van der Waals surface area contributed by atoms with E-state index in [4.69, 9.17) is 5.73 Å². The molecule has 1 aliphatic rings. The Morgan fingerprint density at radius 1 is 1.50 bits per heavy atom. The fourth-order valence-corrected chi connectivity index (χ4v) is 1.74. The van der Waals surface area contributed by atoms with Crippen LogP contribution in [0.4, 0.5) is 8.78 Å². The molecule has 3 N–H and O–H groups in total. The lowest BCUT2D eigenvalue weighted by atomic mass is 9.85. The molecule has 0 radical (unpaired) electrons. The van der Waals surface area contributed by atoms with E-state index in [1.165, 1.54) is 0 Å². The molecule has 0 bridgehead atoms. The zero-order valence-electron chi connectivity index (χ0n) is 8.06. The van der Waals surface area contributed by atoms with Crippen molar-refractivity contribution in [1.82, 2.24) is 5.32 Å². The average molecular weight is 206 g/mol. The summed E-state index contributed by atoms with van der Waals surface area (Å²) in [6, 6.07) is 0. The Morgan fingerprint density at radius 2 is 2.21 bits per heavy atom. The van der Waals surface area contributed by atoms with Crippen LogP contribution in [0.3, 0.4) is 0 Å². The fraction of sp³-hybridized carbons (Fsp3) is 0.889. The molecule has 5 heteroatoms. The quantitative estimate of drug-likeness (QED) is 0.720. The summed E-state index contributed by atoms with van der Waals surface area (Å²) >= 11 is 0. The Balaban J connectivity index is 2.51. The second-order valence-corrected chi connectivity index (χ2v) is 3.64. The molecule has 0 heterocycles. The van der Waals surface area contributed by atoms with Crippen molar-refractivity contribution in [1.29, 1.82) is 0 Å². The minimum Gasteiger partial charge on any atom is -0.354 e. The van der Waals surface area contributed by atoms with E-state index < -0.39 is 17.7 Å². The van der Waals surface area contributed by atoms with Gasteiger partial charge in [0, 0.05) is 19.5 Å². The molecule has 14 heavy (non-hydrogen) atoms. The summed E-state index contributed by atoms with van der Waals surface area (Å²) in [5.41, 5.74) is 5.17. The van der Waals surface area contributed by atoms with Gasteiger partial charge < -0.3 is 11.1 Å². The van der Waals surface area contributed by atoms with Crippen LogP contribution in [0.25, 0.3) is 0 Å². The van der Waals surface area contributed by atoms with E-state index in [0.717, 1.165) is 0 Å². The number of alkyl halides is 2. The van der Waals surface area contributed by atoms with E-state index in [9.17, 15) is 13.6 Å². The lowest BCUT2D eigenvalue weighted by Gasteiger charge is -2.30. The van der Waals surface area contributed by atoms with Gasteiger partial charge in [-0.3, -0.25) is 4.79 Å². The number of carbonyl (C=O) groups excluding carboxylic acids is 1. The highest BCUT2D eigenvalue weighted by molar-refractivity contribution is 5.79. The number of hydrogen-bond acceptors (Lipinski definition) is 2. The van der Waals surface area contributed by atoms with Gasteiger partial charge in [0.15, 0.2) is 0 Å². The number of rotatable bonds is 3. The van der Waals surface area contributed by atoms with E-state index in [1.54, 1.807) is 0 Å². The highest BCUT2D eigenvalue weighted by Crippen LogP contribution is 2.38. The minimum absolute atomic E-state index is 0.173. The van der Waals surface area contributed by atoms with Crippen LogP contribution in [0.5, 0.6) is 0 Å². The fourth-order valence-electron chi connectivity index (χ4n) is 1.74. The second-order valence-electron chi connectivity index (χ2n) is 3.64. The summed E-state index contributed by atoms with van der Waals surface area (Å²) in [6.07, 6.45) is 1.32. The first kappa shape index (κ1) is 11.4. The van der Waals surface area contributed by atoms with E-state index in [-0.39, 0.29) is 25.9 Å². The molecule has 1 amide bonds. The van der Waals surface area contributed by atoms with Crippen LogP contribution in [0, 0.1) is 5.92 Å². The molecular formula is C9H16F2N2O. The van der Waals surface area contributed by atoms with Gasteiger partial charge in [-0.25, -0.2) is 8.78 Å². The van der Waals surface area contributed by atoms with Gasteiger partial charge in [-0.15, -0.1) is 0 Å². The first-order valence-electron chi connectivity index (χ1n) is 4.93. The molecule has 0 spiro atoms. The maximum Gasteiger partial charge on any atom is 0.259 e. The smallest absolute Gasteiger partial charge is 0.259 e. The van der Waals surface area contributed by atoms with Crippen molar-refractivity contribution in [3.63, 3.8) is 0 Å². The lowest BCUT2D eigenvalue weighted by molar-refractivity contribution is -0.145. The largest absolute Gasteiger partial charge is 0.354 e. The van der Waals surface area contributed by atoms with Crippen LogP contribution in [0.15, 0.2) is 0 Å². The Kier molecular flexibility index (Phi) is 3.80. The summed E-state index contributed by atoms with van der Waals surface area (Å²) in [5.74, 6) is -4.54. The molecule has 0 aliphatic heterocycles. The van der Waals surface area contributed by atoms with E-state index in [1.807, 2.05) is 0 Å². The third-order valence-electron chi connectivity index (χ3n) is 2.52. The maximum absolute atomic E-state index is 13.3. The predicted octanol–water partition coefficient (Wildman–Crippen LogP) is 0.887. The molecule has 1 saturated carbocycles. The van der Waals surface area contributed by atoms with Crippen molar-refractivity contribution >= 4 is 5.91 Å². The molecule has 0 saturated heterocycles. The normalized spacial score (nSPS) is 25.8. The van der Waals surface area contributed by atoms with Crippen molar-refractivity contribution < 1.29 is 13.6 Å². The Hall–Kier alpha value is -0.710. The number of hydrogen-bond donors (Lipinski definition) is 2. The lowest BCUT2D eigenvalue weighted by Crippen LogP contribution is -2.44. The van der Waals surface area contributed by atoms with Crippen LogP contribution >= 0.6 is 0 Å². The molecule has 3 nitrogen and oxygen atoms in total. The summed E-state index contributed by atoms with van der Waals surface area (Å²) in [4.78, 5) is 11.3. The average Bonchev–Trinajstić information content (AvgIpc) is 2.13. The molecule has 1 unspecified atom stereocenters. The van der Waals surface area contributed by atoms with Crippen LogP contribution in [-0.2, 0) is 4.79 Å². The number of halogens is 2. The third-order valence-corrected chi connectivity index (χ3v) is 2.52.